The zero-order valence-corrected chi connectivity index (χ0v) is 18.1. The monoisotopic (exact) mass is 439 g/mol. The Bertz CT molecular complexity index is 1050. The van der Waals surface area contributed by atoms with Gasteiger partial charge in [0.2, 0.25) is 12.7 Å². The number of hydrogen-bond acceptors (Lipinski definition) is 6. The Morgan fingerprint density at radius 3 is 2.94 bits per heavy atom. The van der Waals surface area contributed by atoms with E-state index in [0.717, 1.165) is 42.7 Å². The van der Waals surface area contributed by atoms with Crippen molar-refractivity contribution in [3.63, 3.8) is 0 Å². The Balaban J connectivity index is 1.19. The molecule has 1 aliphatic heterocycles. The van der Waals surface area contributed by atoms with E-state index in [9.17, 15) is 9.59 Å². The van der Waals surface area contributed by atoms with Crippen LogP contribution in [-0.2, 0) is 11.2 Å². The fourth-order valence-electron chi connectivity index (χ4n) is 4.34. The number of aromatic nitrogens is 1. The molecule has 1 atom stereocenters. The number of carbonyl (C=O) groups is 2. The van der Waals surface area contributed by atoms with Crippen molar-refractivity contribution in [1.82, 2.24) is 10.3 Å². The predicted molar refractivity (Wildman–Crippen MR) is 118 cm³/mol. The second-order valence-corrected chi connectivity index (χ2v) is 9.17. The molecule has 2 heterocycles. The highest BCUT2D eigenvalue weighted by atomic mass is 32.1. The lowest BCUT2D eigenvalue weighted by Gasteiger charge is -2.14. The lowest BCUT2D eigenvalue weighted by Crippen LogP contribution is -2.29. The van der Waals surface area contributed by atoms with Gasteiger partial charge in [-0.15, -0.1) is 11.3 Å². The summed E-state index contributed by atoms with van der Waals surface area (Å²) in [6.45, 7) is 0.842. The van der Waals surface area contributed by atoms with E-state index in [1.807, 2.05) is 0 Å². The number of anilines is 1. The van der Waals surface area contributed by atoms with Crippen LogP contribution in [0, 0.1) is 0 Å². The quantitative estimate of drug-likeness (QED) is 0.660. The highest BCUT2D eigenvalue weighted by Gasteiger charge is 2.32. The maximum absolute atomic E-state index is 12.7. The highest BCUT2D eigenvalue weighted by Crippen LogP contribution is 2.39. The number of thiazole rings is 1. The van der Waals surface area contributed by atoms with E-state index in [1.165, 1.54) is 29.8 Å². The topological polar surface area (TPSA) is 89.6 Å². The Morgan fingerprint density at radius 2 is 2.06 bits per heavy atom. The molecule has 31 heavy (non-hydrogen) atoms. The Hall–Kier alpha value is -2.87. The zero-order chi connectivity index (χ0) is 21.2. The maximum atomic E-state index is 12.7. The van der Waals surface area contributed by atoms with Crippen molar-refractivity contribution in [2.45, 2.75) is 50.9 Å². The summed E-state index contributed by atoms with van der Waals surface area (Å²) in [7, 11) is 0. The number of nitrogens with one attached hydrogen (secondary N) is 2. The van der Waals surface area contributed by atoms with Crippen molar-refractivity contribution in [1.29, 1.82) is 0 Å². The molecule has 0 radical (unpaired) electrons. The van der Waals surface area contributed by atoms with Gasteiger partial charge in [-0.1, -0.05) is 11.6 Å². The molecule has 0 saturated heterocycles. The predicted octanol–water partition coefficient (Wildman–Crippen LogP) is 4.16. The molecule has 162 valence electrons. The van der Waals surface area contributed by atoms with E-state index in [-0.39, 0.29) is 24.5 Å². The molecule has 1 aromatic heterocycles. The standard InChI is InChI=1S/C23H25N3O4S/c27-21(15-6-8-17-18(12-15)30-13-29-17)26-23-25-20-16(7-9-19(20)31-23)22(28)24-11-10-14-4-2-1-3-5-14/h4,6,8,12,16H,1-3,5,7,9-11,13H2,(H,24,28)(H,25,26,27). The molecule has 1 aromatic carbocycles. The van der Waals surface area contributed by atoms with Crippen LogP contribution >= 0.6 is 11.3 Å². The van der Waals surface area contributed by atoms with Crippen LogP contribution in [-0.4, -0.2) is 30.1 Å². The van der Waals surface area contributed by atoms with Crippen LogP contribution in [0.2, 0.25) is 0 Å². The molecule has 0 fully saturated rings. The van der Waals surface area contributed by atoms with E-state index >= 15 is 0 Å². The number of hydrogen-bond donors (Lipinski definition) is 2. The van der Waals surface area contributed by atoms with Crippen molar-refractivity contribution >= 4 is 28.3 Å². The van der Waals surface area contributed by atoms with Crippen molar-refractivity contribution in [3.8, 4) is 11.5 Å². The number of carbonyl (C=O) groups excluding carboxylic acids is 2. The number of nitrogens with zero attached hydrogens (tertiary/aromatic N) is 1. The molecule has 2 N–H and O–H groups in total. The van der Waals surface area contributed by atoms with Crippen LogP contribution < -0.4 is 20.1 Å². The van der Waals surface area contributed by atoms with E-state index in [2.05, 4.69) is 21.7 Å². The second kappa shape index (κ2) is 8.70. The largest absolute Gasteiger partial charge is 0.454 e. The Labute approximate surface area is 184 Å². The molecule has 3 aliphatic rings. The fourth-order valence-corrected chi connectivity index (χ4v) is 5.38. The van der Waals surface area contributed by atoms with Gasteiger partial charge in [-0.05, 0) is 63.1 Å². The minimum absolute atomic E-state index is 0.0362. The highest BCUT2D eigenvalue weighted by molar-refractivity contribution is 7.16. The third kappa shape index (κ3) is 4.30. The Kier molecular flexibility index (Phi) is 5.63. The van der Waals surface area contributed by atoms with E-state index < -0.39 is 0 Å². The van der Waals surface area contributed by atoms with Crippen molar-refractivity contribution < 1.29 is 19.1 Å². The lowest BCUT2D eigenvalue weighted by molar-refractivity contribution is -0.122. The minimum Gasteiger partial charge on any atom is -0.454 e. The van der Waals surface area contributed by atoms with Crippen LogP contribution in [0.3, 0.4) is 0 Å². The van der Waals surface area contributed by atoms with Crippen LogP contribution in [0.5, 0.6) is 11.5 Å². The van der Waals surface area contributed by atoms with Gasteiger partial charge in [0.1, 0.15) is 0 Å². The maximum Gasteiger partial charge on any atom is 0.257 e. The summed E-state index contributed by atoms with van der Waals surface area (Å²) in [5, 5.41) is 6.47. The summed E-state index contributed by atoms with van der Waals surface area (Å²) >= 11 is 1.45. The number of rotatable bonds is 6. The molecule has 0 bridgehead atoms. The van der Waals surface area contributed by atoms with Gasteiger partial charge in [-0.25, -0.2) is 4.98 Å². The molecule has 5 rings (SSSR count). The summed E-state index contributed by atoms with van der Waals surface area (Å²) in [5.74, 6) is 0.748. The summed E-state index contributed by atoms with van der Waals surface area (Å²) < 4.78 is 10.6. The molecule has 2 aliphatic carbocycles. The van der Waals surface area contributed by atoms with E-state index in [1.54, 1.807) is 18.2 Å². The number of aryl methyl sites for hydroxylation is 1. The molecule has 2 aromatic rings. The first-order valence-corrected chi connectivity index (χ1v) is 11.7. The van der Waals surface area contributed by atoms with Gasteiger partial charge in [-0.2, -0.15) is 0 Å². The van der Waals surface area contributed by atoms with Crippen LogP contribution in [0.15, 0.2) is 29.8 Å². The first-order chi connectivity index (χ1) is 15.2. The average Bonchev–Trinajstić information content (AvgIpc) is 3.49. The second-order valence-electron chi connectivity index (χ2n) is 8.09. The average molecular weight is 440 g/mol. The van der Waals surface area contributed by atoms with Gasteiger partial charge >= 0.3 is 0 Å². The zero-order valence-electron chi connectivity index (χ0n) is 17.2. The summed E-state index contributed by atoms with van der Waals surface area (Å²) in [6, 6.07) is 5.09. The van der Waals surface area contributed by atoms with E-state index in [0.29, 0.717) is 28.7 Å². The molecule has 0 saturated carbocycles. The number of allylic oxidation sites excluding steroid dienone is 1. The van der Waals surface area contributed by atoms with Gasteiger partial charge in [0.05, 0.1) is 11.6 Å². The summed E-state index contributed by atoms with van der Waals surface area (Å²) in [4.78, 5) is 31.0. The van der Waals surface area contributed by atoms with Crippen molar-refractivity contribution in [2.75, 3.05) is 18.7 Å². The van der Waals surface area contributed by atoms with Gasteiger partial charge < -0.3 is 14.8 Å². The lowest BCUT2D eigenvalue weighted by atomic mass is 9.97. The normalized spacial score (nSPS) is 19.0. The molecule has 7 nitrogen and oxygen atoms in total. The smallest absolute Gasteiger partial charge is 0.257 e. The minimum atomic E-state index is -0.257. The van der Waals surface area contributed by atoms with E-state index in [4.69, 9.17) is 9.47 Å². The molecule has 8 heteroatoms. The SMILES string of the molecule is O=C(Nc1nc2c(s1)CCC2C(=O)NCCC1=CCCCC1)c1ccc2c(c1)OCO2. The van der Waals surface area contributed by atoms with Crippen molar-refractivity contribution in [2.24, 2.45) is 0 Å². The first-order valence-electron chi connectivity index (χ1n) is 10.8. The summed E-state index contributed by atoms with van der Waals surface area (Å²) in [5.41, 5.74) is 2.74. The first kappa shape index (κ1) is 20.1. The Morgan fingerprint density at radius 1 is 1.16 bits per heavy atom. The molecular formula is C23H25N3O4S. The number of fused-ring (bicyclic) bond motifs is 2. The van der Waals surface area contributed by atoms with Crippen LogP contribution in [0.25, 0.3) is 0 Å². The van der Waals surface area contributed by atoms with Crippen molar-refractivity contribution in [3.05, 3.63) is 46.0 Å². The number of benzene rings is 1. The molecular weight excluding hydrogens is 414 g/mol. The van der Waals surface area contributed by atoms with Crippen LogP contribution in [0.1, 0.15) is 65.4 Å². The number of ether oxygens (including phenoxy) is 2. The van der Waals surface area contributed by atoms with Gasteiger partial charge in [-0.3, -0.25) is 14.9 Å². The van der Waals surface area contributed by atoms with Crippen LogP contribution in [0.4, 0.5) is 5.13 Å². The summed E-state index contributed by atoms with van der Waals surface area (Å²) in [6.07, 6.45) is 9.69. The molecule has 1 unspecified atom stereocenters. The van der Waals surface area contributed by atoms with Gasteiger partial charge in [0.25, 0.3) is 5.91 Å². The van der Waals surface area contributed by atoms with Gasteiger partial charge in [0, 0.05) is 17.0 Å². The third-order valence-corrected chi connectivity index (χ3v) is 7.07. The molecule has 2 amide bonds. The fraction of sp³-hybridized carbons (Fsp3) is 0.435. The van der Waals surface area contributed by atoms with Gasteiger partial charge in [0.15, 0.2) is 16.6 Å². The number of amides is 2. The third-order valence-electron chi connectivity index (χ3n) is 6.02. The molecule has 0 spiro atoms.